The molecule has 1 atom stereocenters. The van der Waals surface area contributed by atoms with Gasteiger partial charge in [-0.3, -0.25) is 4.90 Å². The predicted octanol–water partition coefficient (Wildman–Crippen LogP) is 3.42. The summed E-state index contributed by atoms with van der Waals surface area (Å²) in [7, 11) is 0. The van der Waals surface area contributed by atoms with Crippen LogP contribution in [-0.4, -0.2) is 61.2 Å². The van der Waals surface area contributed by atoms with Crippen LogP contribution >= 0.6 is 0 Å². The number of amides is 2. The van der Waals surface area contributed by atoms with Crippen molar-refractivity contribution in [3.05, 3.63) is 35.9 Å². The molecule has 3 rings (SSSR count). The van der Waals surface area contributed by atoms with Crippen LogP contribution in [0.15, 0.2) is 30.3 Å². The molecule has 1 aromatic rings. The van der Waals surface area contributed by atoms with Crippen LogP contribution in [0.3, 0.4) is 0 Å². The van der Waals surface area contributed by atoms with Gasteiger partial charge in [-0.1, -0.05) is 43.2 Å². The maximum atomic E-state index is 12.7. The van der Waals surface area contributed by atoms with E-state index in [4.69, 9.17) is 4.74 Å². The number of carbonyl (C=O) groups is 1. The van der Waals surface area contributed by atoms with E-state index in [0.717, 1.165) is 44.2 Å². The number of benzene rings is 1. The molecular weight excluding hydrogens is 326 g/mol. The van der Waals surface area contributed by atoms with E-state index in [1.54, 1.807) is 0 Å². The third-order valence-corrected chi connectivity index (χ3v) is 5.64. The molecule has 2 amide bonds. The molecule has 1 saturated heterocycles. The minimum Gasteiger partial charge on any atom is -0.372 e. The molecular formula is C21H33N3O2. The van der Waals surface area contributed by atoms with Gasteiger partial charge in [0.15, 0.2) is 0 Å². The number of carbonyl (C=O) groups excluding carboxylic acids is 1. The van der Waals surface area contributed by atoms with Crippen molar-refractivity contribution < 1.29 is 9.53 Å². The topological polar surface area (TPSA) is 44.8 Å². The maximum Gasteiger partial charge on any atom is 0.317 e. The lowest BCUT2D eigenvalue weighted by Crippen LogP contribution is -2.44. The number of nitrogens with one attached hydrogen (secondary N) is 1. The summed E-state index contributed by atoms with van der Waals surface area (Å²) in [5.74, 6) is 0. The van der Waals surface area contributed by atoms with E-state index in [1.165, 1.54) is 25.7 Å². The van der Waals surface area contributed by atoms with Crippen molar-refractivity contribution in [3.8, 4) is 0 Å². The normalized spacial score (nSPS) is 20.7. The molecule has 0 spiro atoms. The number of nitrogens with zero attached hydrogens (tertiary/aromatic N) is 2. The Labute approximate surface area is 157 Å². The smallest absolute Gasteiger partial charge is 0.317 e. The molecule has 26 heavy (non-hydrogen) atoms. The second kappa shape index (κ2) is 9.93. The average molecular weight is 360 g/mol. The van der Waals surface area contributed by atoms with E-state index in [9.17, 15) is 4.79 Å². The Hall–Kier alpha value is -1.59. The molecule has 1 saturated carbocycles. The summed E-state index contributed by atoms with van der Waals surface area (Å²) in [6.45, 7) is 6.94. The van der Waals surface area contributed by atoms with Crippen molar-refractivity contribution in [2.75, 3.05) is 39.3 Å². The minimum absolute atomic E-state index is 0.0407. The third kappa shape index (κ3) is 5.21. The average Bonchev–Trinajstić information content (AvgIpc) is 3.10. The second-order valence-electron chi connectivity index (χ2n) is 7.36. The third-order valence-electron chi connectivity index (χ3n) is 5.64. The molecule has 2 fully saturated rings. The van der Waals surface area contributed by atoms with Gasteiger partial charge in [-0.05, 0) is 31.7 Å². The van der Waals surface area contributed by atoms with Crippen molar-refractivity contribution in [2.24, 2.45) is 0 Å². The van der Waals surface area contributed by atoms with Gasteiger partial charge in [0.1, 0.15) is 0 Å². The van der Waals surface area contributed by atoms with Crippen LogP contribution in [0.2, 0.25) is 0 Å². The Morgan fingerprint density at radius 1 is 1.12 bits per heavy atom. The van der Waals surface area contributed by atoms with Gasteiger partial charge < -0.3 is 15.0 Å². The standard InChI is InChI=1S/C21H33N3O2/c1-2-26-20(18-9-4-3-5-10-18)17-22-21(25)24-14-8-13-23(15-16-24)19-11-6-7-12-19/h3-5,9-10,19-20H,2,6-8,11-17H2,1H3,(H,22,25). The van der Waals surface area contributed by atoms with Crippen LogP contribution in [0.5, 0.6) is 0 Å². The van der Waals surface area contributed by atoms with E-state index < -0.39 is 0 Å². The van der Waals surface area contributed by atoms with Gasteiger partial charge in [0.2, 0.25) is 0 Å². The number of rotatable bonds is 6. The van der Waals surface area contributed by atoms with Crippen LogP contribution in [-0.2, 0) is 4.74 Å². The van der Waals surface area contributed by atoms with Crippen LogP contribution in [0.1, 0.15) is 50.7 Å². The molecule has 0 aromatic heterocycles. The van der Waals surface area contributed by atoms with Gasteiger partial charge in [-0.15, -0.1) is 0 Å². The highest BCUT2D eigenvalue weighted by atomic mass is 16.5. The van der Waals surface area contributed by atoms with Crippen LogP contribution in [0.4, 0.5) is 4.79 Å². The first kappa shape index (κ1) is 19.2. The molecule has 1 aliphatic heterocycles. The van der Waals surface area contributed by atoms with Crippen LogP contribution in [0.25, 0.3) is 0 Å². The number of ether oxygens (including phenoxy) is 1. The molecule has 5 nitrogen and oxygen atoms in total. The van der Waals surface area contributed by atoms with Crippen molar-refractivity contribution in [3.63, 3.8) is 0 Å². The van der Waals surface area contributed by atoms with Crippen molar-refractivity contribution in [2.45, 2.75) is 51.2 Å². The second-order valence-corrected chi connectivity index (χ2v) is 7.36. The fourth-order valence-corrected chi connectivity index (χ4v) is 4.21. The summed E-state index contributed by atoms with van der Waals surface area (Å²) in [6, 6.07) is 10.9. The zero-order valence-corrected chi connectivity index (χ0v) is 16.0. The Morgan fingerprint density at radius 3 is 2.62 bits per heavy atom. The Bertz CT molecular complexity index is 545. The summed E-state index contributed by atoms with van der Waals surface area (Å²) >= 11 is 0. The van der Waals surface area contributed by atoms with E-state index in [2.05, 4.69) is 22.3 Å². The van der Waals surface area contributed by atoms with Crippen molar-refractivity contribution >= 4 is 6.03 Å². The van der Waals surface area contributed by atoms with Gasteiger partial charge in [0.25, 0.3) is 0 Å². The van der Waals surface area contributed by atoms with Crippen LogP contribution < -0.4 is 5.32 Å². The van der Waals surface area contributed by atoms with Gasteiger partial charge in [-0.25, -0.2) is 4.79 Å². The van der Waals surface area contributed by atoms with Gasteiger partial charge in [0, 0.05) is 45.4 Å². The Balaban J connectivity index is 1.49. The van der Waals surface area contributed by atoms with E-state index in [-0.39, 0.29) is 12.1 Å². The Kier molecular flexibility index (Phi) is 7.32. The predicted molar refractivity (Wildman–Crippen MR) is 104 cm³/mol. The Morgan fingerprint density at radius 2 is 1.88 bits per heavy atom. The first-order chi connectivity index (χ1) is 12.8. The quantitative estimate of drug-likeness (QED) is 0.846. The summed E-state index contributed by atoms with van der Waals surface area (Å²) in [6.07, 6.45) is 6.37. The van der Waals surface area contributed by atoms with Gasteiger partial charge in [-0.2, -0.15) is 0 Å². The minimum atomic E-state index is -0.0906. The first-order valence-electron chi connectivity index (χ1n) is 10.2. The molecule has 0 bridgehead atoms. The largest absolute Gasteiger partial charge is 0.372 e. The monoisotopic (exact) mass is 359 g/mol. The highest BCUT2D eigenvalue weighted by molar-refractivity contribution is 5.74. The zero-order valence-electron chi connectivity index (χ0n) is 16.0. The van der Waals surface area contributed by atoms with E-state index >= 15 is 0 Å². The highest BCUT2D eigenvalue weighted by Crippen LogP contribution is 2.24. The maximum absolute atomic E-state index is 12.7. The lowest BCUT2D eigenvalue weighted by molar-refractivity contribution is 0.0626. The summed E-state index contributed by atoms with van der Waals surface area (Å²) < 4.78 is 5.83. The van der Waals surface area contributed by atoms with E-state index in [0.29, 0.717) is 13.2 Å². The molecule has 1 aliphatic carbocycles. The molecule has 5 heteroatoms. The van der Waals surface area contributed by atoms with Gasteiger partial charge >= 0.3 is 6.03 Å². The van der Waals surface area contributed by atoms with E-state index in [1.807, 2.05) is 30.0 Å². The zero-order chi connectivity index (χ0) is 18.2. The fraction of sp³-hybridized carbons (Fsp3) is 0.667. The molecule has 1 N–H and O–H groups in total. The summed E-state index contributed by atoms with van der Waals surface area (Å²) in [4.78, 5) is 17.2. The number of urea groups is 1. The molecule has 1 aromatic carbocycles. The first-order valence-corrected chi connectivity index (χ1v) is 10.2. The molecule has 144 valence electrons. The molecule has 1 heterocycles. The fourth-order valence-electron chi connectivity index (χ4n) is 4.21. The highest BCUT2D eigenvalue weighted by Gasteiger charge is 2.26. The summed E-state index contributed by atoms with van der Waals surface area (Å²) in [5.41, 5.74) is 1.11. The molecule has 0 radical (unpaired) electrons. The van der Waals surface area contributed by atoms with Crippen molar-refractivity contribution in [1.29, 1.82) is 0 Å². The molecule has 1 unspecified atom stereocenters. The molecule has 2 aliphatic rings. The SMILES string of the molecule is CCOC(CNC(=O)N1CCCN(C2CCCC2)CC1)c1ccccc1. The lowest BCUT2D eigenvalue weighted by atomic mass is 10.1. The lowest BCUT2D eigenvalue weighted by Gasteiger charge is -2.27. The van der Waals surface area contributed by atoms with Crippen molar-refractivity contribution in [1.82, 2.24) is 15.1 Å². The van der Waals surface area contributed by atoms with Gasteiger partial charge in [0.05, 0.1) is 6.10 Å². The van der Waals surface area contributed by atoms with Crippen LogP contribution in [0, 0.1) is 0 Å². The number of hydrogen-bond acceptors (Lipinski definition) is 3. The number of hydrogen-bond donors (Lipinski definition) is 1. The summed E-state index contributed by atoms with van der Waals surface area (Å²) in [5, 5.41) is 3.09.